The van der Waals surface area contributed by atoms with Gasteiger partial charge in [-0.15, -0.1) is 0 Å². The number of nitrogens with zero attached hydrogens (tertiary/aromatic N) is 1. The minimum Gasteiger partial charge on any atom is -0.460 e. The van der Waals surface area contributed by atoms with Gasteiger partial charge < -0.3 is 15.0 Å². The van der Waals surface area contributed by atoms with Crippen LogP contribution in [0.1, 0.15) is 63.0 Å². The minimum atomic E-state index is -0.435. The number of allylic oxidation sites excluding steroid dienone is 2. The predicted molar refractivity (Wildman–Crippen MR) is 155 cm³/mol. The number of aryl methyl sites for hydroxylation is 3. The fourth-order valence-electron chi connectivity index (χ4n) is 3.33. The lowest BCUT2D eigenvalue weighted by molar-refractivity contribution is 0.0436. The summed E-state index contributed by atoms with van der Waals surface area (Å²) in [4.78, 5) is 39.4. The van der Waals surface area contributed by atoms with Crippen molar-refractivity contribution in [1.82, 2.24) is 10.2 Å². The molecule has 38 heavy (non-hydrogen) atoms. The van der Waals surface area contributed by atoms with Gasteiger partial charge in [-0.25, -0.2) is 4.79 Å². The smallest absolute Gasteiger partial charge is 0.338 e. The Bertz CT molecular complexity index is 1140. The number of rotatable bonds is 9. The van der Waals surface area contributed by atoms with E-state index in [-0.39, 0.29) is 39.5 Å². The Morgan fingerprint density at radius 2 is 1.16 bits per heavy atom. The molecule has 202 valence electrons. The zero-order valence-electron chi connectivity index (χ0n) is 23.0. The van der Waals surface area contributed by atoms with Gasteiger partial charge in [-0.1, -0.05) is 65.2 Å². The number of hydrogen-bond acceptors (Lipinski definition) is 4. The van der Waals surface area contributed by atoms with E-state index in [2.05, 4.69) is 5.32 Å². The van der Waals surface area contributed by atoms with Gasteiger partial charge in [0.25, 0.3) is 11.8 Å². The molecule has 6 heteroatoms. The molecule has 6 nitrogen and oxygen atoms in total. The highest BCUT2D eigenvalue weighted by molar-refractivity contribution is 5.95. The molecule has 0 radical (unpaired) electrons. The monoisotopic (exact) mass is 516 g/mol. The van der Waals surface area contributed by atoms with Crippen molar-refractivity contribution in [3.63, 3.8) is 0 Å². The highest BCUT2D eigenvalue weighted by Gasteiger charge is 2.17. The number of hydrogen-bond donors (Lipinski definition) is 1. The Labute approximate surface area is 227 Å². The predicted octanol–water partition coefficient (Wildman–Crippen LogP) is 6.17. The Balaban J connectivity index is 0.00000142. The summed E-state index contributed by atoms with van der Waals surface area (Å²) in [6.45, 7) is 10.7. The fraction of sp³-hybridized carbons (Fsp3) is 0.281. The lowest BCUT2D eigenvalue weighted by Gasteiger charge is -2.23. The van der Waals surface area contributed by atoms with Crippen LogP contribution in [0.2, 0.25) is 0 Å². The second-order valence-electron chi connectivity index (χ2n) is 8.95. The zero-order chi connectivity index (χ0) is 27.9. The first-order valence-corrected chi connectivity index (χ1v) is 12.8. The van der Waals surface area contributed by atoms with E-state index in [4.69, 9.17) is 4.74 Å². The Hall–Kier alpha value is -4.19. The summed E-state index contributed by atoms with van der Waals surface area (Å²) in [6, 6.07) is 21.7. The first-order chi connectivity index (χ1) is 18.2. The highest BCUT2D eigenvalue weighted by atomic mass is 16.5. The van der Waals surface area contributed by atoms with Crippen LogP contribution in [0.15, 0.2) is 84.9 Å². The fourth-order valence-corrected chi connectivity index (χ4v) is 3.33. The van der Waals surface area contributed by atoms with Crippen LogP contribution in [0.3, 0.4) is 0 Å². The first kappa shape index (κ1) is 30.0. The molecule has 0 aliphatic carbocycles. The maximum Gasteiger partial charge on any atom is 0.338 e. The second-order valence-corrected chi connectivity index (χ2v) is 8.95. The molecular formula is C32H40N2O4. The van der Waals surface area contributed by atoms with Gasteiger partial charge in [0.2, 0.25) is 0 Å². The summed E-state index contributed by atoms with van der Waals surface area (Å²) in [7, 11) is 0. The lowest BCUT2D eigenvalue weighted by Crippen LogP contribution is -2.40. The van der Waals surface area contributed by atoms with Crippen LogP contribution in [0.4, 0.5) is 0 Å². The van der Waals surface area contributed by atoms with Crippen molar-refractivity contribution in [2.45, 2.75) is 34.6 Å². The zero-order valence-corrected chi connectivity index (χ0v) is 23.0. The van der Waals surface area contributed by atoms with Gasteiger partial charge in [-0.2, -0.15) is 0 Å². The topological polar surface area (TPSA) is 75.7 Å². The summed E-state index contributed by atoms with van der Waals surface area (Å²) < 4.78 is 5.39. The first-order valence-electron chi connectivity index (χ1n) is 12.8. The Morgan fingerprint density at radius 1 is 0.711 bits per heavy atom. The van der Waals surface area contributed by atoms with E-state index in [1.807, 2.05) is 83.2 Å². The minimum absolute atomic E-state index is 0. The number of ether oxygens (including phenoxy) is 1. The Kier molecular flexibility index (Phi) is 12.5. The third-order valence-corrected chi connectivity index (χ3v) is 5.78. The average molecular weight is 517 g/mol. The van der Waals surface area contributed by atoms with E-state index in [0.717, 1.165) is 16.7 Å². The van der Waals surface area contributed by atoms with Crippen LogP contribution in [-0.4, -0.2) is 48.9 Å². The van der Waals surface area contributed by atoms with Crippen molar-refractivity contribution in [1.29, 1.82) is 0 Å². The molecule has 0 bridgehead atoms. The molecule has 0 saturated heterocycles. The van der Waals surface area contributed by atoms with E-state index >= 15 is 0 Å². The molecule has 0 aliphatic rings. The van der Waals surface area contributed by atoms with Gasteiger partial charge in [-0.3, -0.25) is 9.59 Å². The third-order valence-electron chi connectivity index (χ3n) is 5.78. The molecule has 0 saturated carbocycles. The molecule has 3 aromatic rings. The molecule has 0 aliphatic heterocycles. The third kappa shape index (κ3) is 10.1. The van der Waals surface area contributed by atoms with Gasteiger partial charge in [0, 0.05) is 25.6 Å². The van der Waals surface area contributed by atoms with Crippen molar-refractivity contribution in [2.24, 2.45) is 0 Å². The molecule has 3 rings (SSSR count). The van der Waals surface area contributed by atoms with Crippen LogP contribution in [0, 0.1) is 20.8 Å². The van der Waals surface area contributed by atoms with Crippen molar-refractivity contribution in [2.75, 3.05) is 26.2 Å². The normalized spacial score (nSPS) is 10.3. The molecule has 0 unspecified atom stereocenters. The van der Waals surface area contributed by atoms with Crippen molar-refractivity contribution in [3.8, 4) is 0 Å². The molecule has 2 amide bonds. The van der Waals surface area contributed by atoms with Crippen LogP contribution in [0.5, 0.6) is 0 Å². The molecule has 0 atom stereocenters. The van der Waals surface area contributed by atoms with E-state index in [9.17, 15) is 14.4 Å². The molecule has 0 fully saturated rings. The summed E-state index contributed by atoms with van der Waals surface area (Å²) >= 11 is 0. The number of carbonyl (C=O) groups excluding carboxylic acids is 3. The van der Waals surface area contributed by atoms with E-state index in [1.165, 1.54) is 0 Å². The standard InChI is InChI=1S/C28H30N2O4.C4H8.H2/c1-20-4-10-23(11-5-20)26(31)29-16-17-30(27(32)24-12-6-21(2)7-13-24)18-19-34-28(33)25-14-8-22(3)9-15-25;1-3-4-2;/h4-15H,16-19H2,1-3H3,(H,29,31);3-4H,1-2H3;1H/b;4-3-;. The molecule has 3 aromatic carbocycles. The van der Waals surface area contributed by atoms with Crippen molar-refractivity contribution in [3.05, 3.63) is 118 Å². The van der Waals surface area contributed by atoms with Crippen LogP contribution >= 0.6 is 0 Å². The highest BCUT2D eigenvalue weighted by Crippen LogP contribution is 2.09. The quantitative estimate of drug-likeness (QED) is 0.273. The van der Waals surface area contributed by atoms with E-state index in [1.54, 1.807) is 41.3 Å². The largest absolute Gasteiger partial charge is 0.460 e. The number of carbonyl (C=O) groups is 3. The average Bonchev–Trinajstić information content (AvgIpc) is 2.93. The number of amides is 2. The van der Waals surface area contributed by atoms with Gasteiger partial charge >= 0.3 is 5.97 Å². The van der Waals surface area contributed by atoms with Crippen LogP contribution in [0.25, 0.3) is 0 Å². The summed E-state index contributed by atoms with van der Waals surface area (Å²) in [5, 5.41) is 2.85. The second kappa shape index (κ2) is 15.8. The molecule has 0 heterocycles. The van der Waals surface area contributed by atoms with Gasteiger partial charge in [0.1, 0.15) is 6.61 Å². The number of benzene rings is 3. The van der Waals surface area contributed by atoms with Crippen molar-refractivity contribution < 1.29 is 20.5 Å². The molecular weight excluding hydrogens is 476 g/mol. The van der Waals surface area contributed by atoms with Gasteiger partial charge in [0.05, 0.1) is 12.1 Å². The molecule has 1 N–H and O–H groups in total. The summed E-state index contributed by atoms with van der Waals surface area (Å²) in [5.41, 5.74) is 4.76. The van der Waals surface area contributed by atoms with E-state index in [0.29, 0.717) is 16.7 Å². The lowest BCUT2D eigenvalue weighted by atomic mass is 10.1. The van der Waals surface area contributed by atoms with E-state index < -0.39 is 5.97 Å². The maximum atomic E-state index is 13.1. The summed E-state index contributed by atoms with van der Waals surface area (Å²) in [6.07, 6.45) is 4.00. The summed E-state index contributed by atoms with van der Waals surface area (Å²) in [5.74, 6) is -0.820. The van der Waals surface area contributed by atoms with Gasteiger partial charge in [0.15, 0.2) is 0 Å². The SMILES string of the molecule is C/C=C\C.Cc1ccc(C(=O)NCCN(CCOC(=O)c2ccc(C)cc2)C(=O)c2ccc(C)cc2)cc1.[HH]. The van der Waals surface area contributed by atoms with Crippen molar-refractivity contribution >= 4 is 17.8 Å². The number of nitrogens with one attached hydrogen (secondary N) is 1. The Morgan fingerprint density at radius 3 is 1.63 bits per heavy atom. The molecule has 0 spiro atoms. The molecule has 0 aromatic heterocycles. The number of esters is 1. The van der Waals surface area contributed by atoms with Gasteiger partial charge in [-0.05, 0) is 71.0 Å². The van der Waals surface area contributed by atoms with Crippen LogP contribution < -0.4 is 5.32 Å². The van der Waals surface area contributed by atoms with Crippen LogP contribution in [-0.2, 0) is 4.74 Å². The maximum absolute atomic E-state index is 13.1.